The molecule has 0 fully saturated rings. The summed E-state index contributed by atoms with van der Waals surface area (Å²) in [6, 6.07) is 1.14. The van der Waals surface area contributed by atoms with Crippen molar-refractivity contribution in [1.82, 2.24) is 4.98 Å². The van der Waals surface area contributed by atoms with Gasteiger partial charge in [-0.2, -0.15) is 5.26 Å². The Morgan fingerprint density at radius 2 is 1.94 bits per heavy atom. The first kappa shape index (κ1) is 13.1. The lowest BCUT2D eigenvalue weighted by molar-refractivity contribution is -0.275. The van der Waals surface area contributed by atoms with E-state index in [4.69, 9.17) is 5.26 Å². The highest BCUT2D eigenvalue weighted by atomic mass is 19.4. The summed E-state index contributed by atoms with van der Waals surface area (Å²) in [7, 11) is 0. The number of pyridine rings is 1. The Hall–Kier alpha value is -1.98. The second-order valence-corrected chi connectivity index (χ2v) is 2.66. The van der Waals surface area contributed by atoms with Crippen molar-refractivity contribution in [2.75, 3.05) is 0 Å². The molecule has 1 aromatic rings. The van der Waals surface area contributed by atoms with Crippen LogP contribution in [0.1, 0.15) is 17.7 Å². The van der Waals surface area contributed by atoms with Gasteiger partial charge in [0.25, 0.3) is 6.43 Å². The maximum Gasteiger partial charge on any atom is 0.573 e. The molecule has 0 bridgehead atoms. The molecular weight excluding hydrogens is 254 g/mol. The lowest BCUT2D eigenvalue weighted by atomic mass is 10.2. The number of halogens is 6. The predicted molar refractivity (Wildman–Crippen MR) is 40.5 cm³/mol. The maximum absolute atomic E-state index is 13.2. The van der Waals surface area contributed by atoms with Gasteiger partial charge in [0.2, 0.25) is 0 Å². The molecule has 1 heterocycles. The zero-order chi connectivity index (χ0) is 13.2. The number of nitriles is 1. The number of rotatable bonds is 2. The first-order valence-corrected chi connectivity index (χ1v) is 3.88. The Kier molecular flexibility index (Phi) is 3.45. The lowest BCUT2D eigenvalue weighted by Crippen LogP contribution is -2.19. The van der Waals surface area contributed by atoms with E-state index in [1.165, 1.54) is 0 Å². The minimum atomic E-state index is -5.24. The Morgan fingerprint density at radius 1 is 1.35 bits per heavy atom. The van der Waals surface area contributed by atoms with Gasteiger partial charge in [0, 0.05) is 0 Å². The van der Waals surface area contributed by atoms with Gasteiger partial charge in [-0.1, -0.05) is 0 Å². The summed E-state index contributed by atoms with van der Waals surface area (Å²) < 4.78 is 76.3. The third kappa shape index (κ3) is 2.99. The molecule has 0 saturated carbocycles. The molecule has 92 valence electrons. The zero-order valence-corrected chi connectivity index (χ0v) is 7.73. The van der Waals surface area contributed by atoms with Crippen molar-refractivity contribution < 1.29 is 31.1 Å². The molecule has 9 heteroatoms. The van der Waals surface area contributed by atoms with Crippen molar-refractivity contribution >= 4 is 0 Å². The highest BCUT2D eigenvalue weighted by Gasteiger charge is 2.34. The van der Waals surface area contributed by atoms with Gasteiger partial charge in [0.15, 0.2) is 17.3 Å². The third-order valence-electron chi connectivity index (χ3n) is 1.57. The van der Waals surface area contributed by atoms with Crippen LogP contribution in [0.2, 0.25) is 0 Å². The van der Waals surface area contributed by atoms with Gasteiger partial charge in [-0.05, 0) is 0 Å². The molecule has 0 aromatic carbocycles. The molecule has 0 unspecified atom stereocenters. The van der Waals surface area contributed by atoms with E-state index in [9.17, 15) is 26.3 Å². The fourth-order valence-electron chi connectivity index (χ4n) is 0.970. The SMILES string of the molecule is N#Cc1ncc(OC(F)(F)F)c(F)c1C(F)F. The van der Waals surface area contributed by atoms with Crippen LogP contribution in [0.15, 0.2) is 6.20 Å². The number of hydrogen-bond donors (Lipinski definition) is 0. The number of alkyl halides is 5. The van der Waals surface area contributed by atoms with Crippen molar-refractivity contribution in [3.63, 3.8) is 0 Å². The molecule has 0 amide bonds. The molecule has 1 aromatic heterocycles. The van der Waals surface area contributed by atoms with Crippen molar-refractivity contribution in [1.29, 1.82) is 5.26 Å². The van der Waals surface area contributed by atoms with Crippen LogP contribution in [0.5, 0.6) is 5.75 Å². The molecule has 17 heavy (non-hydrogen) atoms. The summed E-state index contributed by atoms with van der Waals surface area (Å²) >= 11 is 0. The van der Waals surface area contributed by atoms with E-state index in [0.717, 1.165) is 6.07 Å². The summed E-state index contributed by atoms with van der Waals surface area (Å²) in [4.78, 5) is 2.96. The van der Waals surface area contributed by atoms with Gasteiger partial charge in [-0.3, -0.25) is 0 Å². The van der Waals surface area contributed by atoms with Gasteiger partial charge >= 0.3 is 6.36 Å². The molecule has 0 radical (unpaired) electrons. The summed E-state index contributed by atoms with van der Waals surface area (Å²) in [5.74, 6) is -3.46. The van der Waals surface area contributed by atoms with E-state index < -0.39 is 35.6 Å². The standard InChI is InChI=1S/C8H2F6N2O/c9-6-4(17-8(12,13)14)2-16-3(1-15)5(6)7(10)11/h2,7H. The Labute approximate surface area is 90.2 Å². The molecule has 0 saturated heterocycles. The summed E-state index contributed by atoms with van der Waals surface area (Å²) in [5, 5.41) is 8.34. The second-order valence-electron chi connectivity index (χ2n) is 2.66. The monoisotopic (exact) mass is 256 g/mol. The molecule has 1 rings (SSSR count). The topological polar surface area (TPSA) is 45.9 Å². The molecule has 0 aliphatic carbocycles. The van der Waals surface area contributed by atoms with Crippen LogP contribution < -0.4 is 4.74 Å². The largest absolute Gasteiger partial charge is 0.573 e. The van der Waals surface area contributed by atoms with Gasteiger partial charge in [-0.15, -0.1) is 13.2 Å². The number of hydrogen-bond acceptors (Lipinski definition) is 3. The first-order chi connectivity index (χ1) is 7.76. The minimum Gasteiger partial charge on any atom is -0.401 e. The summed E-state index contributed by atoms with van der Waals surface area (Å²) in [6.45, 7) is 0. The molecule has 0 N–H and O–H groups in total. The van der Waals surface area contributed by atoms with Crippen LogP contribution in [0.25, 0.3) is 0 Å². The fraction of sp³-hybridized carbons (Fsp3) is 0.250. The molecule has 0 spiro atoms. The Bertz CT molecular complexity index is 464. The van der Waals surface area contributed by atoms with Gasteiger partial charge < -0.3 is 4.74 Å². The van der Waals surface area contributed by atoms with Crippen molar-refractivity contribution in [3.05, 3.63) is 23.3 Å². The Balaban J connectivity index is 3.30. The van der Waals surface area contributed by atoms with E-state index in [0.29, 0.717) is 0 Å². The van der Waals surface area contributed by atoms with Crippen molar-refractivity contribution in [2.45, 2.75) is 12.8 Å². The highest BCUT2D eigenvalue weighted by Crippen LogP contribution is 2.32. The molecule has 0 aliphatic rings. The molecule has 0 atom stereocenters. The van der Waals surface area contributed by atoms with Crippen LogP contribution >= 0.6 is 0 Å². The number of aromatic nitrogens is 1. The zero-order valence-electron chi connectivity index (χ0n) is 7.73. The van der Waals surface area contributed by atoms with Gasteiger partial charge in [-0.25, -0.2) is 18.2 Å². The van der Waals surface area contributed by atoms with Crippen LogP contribution in [0.3, 0.4) is 0 Å². The van der Waals surface area contributed by atoms with Crippen LogP contribution in [-0.4, -0.2) is 11.3 Å². The van der Waals surface area contributed by atoms with E-state index in [1.54, 1.807) is 0 Å². The van der Waals surface area contributed by atoms with Gasteiger partial charge in [0.05, 0.1) is 11.8 Å². The quantitative estimate of drug-likeness (QED) is 0.764. The smallest absolute Gasteiger partial charge is 0.401 e. The average molecular weight is 256 g/mol. The average Bonchev–Trinajstić information content (AvgIpc) is 2.18. The van der Waals surface area contributed by atoms with E-state index in [-0.39, 0.29) is 6.20 Å². The molecular formula is C8H2F6N2O. The van der Waals surface area contributed by atoms with E-state index in [2.05, 4.69) is 9.72 Å². The molecule has 3 nitrogen and oxygen atoms in total. The number of nitrogens with zero attached hydrogens (tertiary/aromatic N) is 2. The minimum absolute atomic E-state index is 0.216. The predicted octanol–water partition coefficient (Wildman–Crippen LogP) is 2.93. The third-order valence-corrected chi connectivity index (χ3v) is 1.57. The first-order valence-electron chi connectivity index (χ1n) is 3.88. The maximum atomic E-state index is 13.2. The van der Waals surface area contributed by atoms with Gasteiger partial charge in [0.1, 0.15) is 6.07 Å². The van der Waals surface area contributed by atoms with E-state index in [1.807, 2.05) is 0 Å². The highest BCUT2D eigenvalue weighted by molar-refractivity contribution is 5.39. The van der Waals surface area contributed by atoms with Crippen molar-refractivity contribution in [2.24, 2.45) is 0 Å². The van der Waals surface area contributed by atoms with Crippen LogP contribution in [-0.2, 0) is 0 Å². The Morgan fingerprint density at radius 3 is 2.35 bits per heavy atom. The normalized spacial score (nSPS) is 11.4. The molecule has 0 aliphatic heterocycles. The number of ether oxygens (including phenoxy) is 1. The van der Waals surface area contributed by atoms with Crippen LogP contribution in [0, 0.1) is 17.1 Å². The van der Waals surface area contributed by atoms with E-state index >= 15 is 0 Å². The second kappa shape index (κ2) is 4.48. The summed E-state index contributed by atoms with van der Waals surface area (Å²) in [6.07, 6.45) is -8.50. The fourth-order valence-corrected chi connectivity index (χ4v) is 0.970. The van der Waals surface area contributed by atoms with Crippen molar-refractivity contribution in [3.8, 4) is 11.8 Å². The van der Waals surface area contributed by atoms with Crippen LogP contribution in [0.4, 0.5) is 26.3 Å². The summed E-state index contributed by atoms with van der Waals surface area (Å²) in [5.41, 5.74) is -2.51. The lowest BCUT2D eigenvalue weighted by Gasteiger charge is -2.11.